The third kappa shape index (κ3) is 1.77. The summed E-state index contributed by atoms with van der Waals surface area (Å²) in [6, 6.07) is 5.92. The normalized spacial score (nSPS) is 14.7. The number of pyridine rings is 1. The Morgan fingerprint density at radius 3 is 2.88 bits per heavy atom. The summed E-state index contributed by atoms with van der Waals surface area (Å²) >= 11 is 6.08. The molecular formula is C14H15ClN2. The van der Waals surface area contributed by atoms with Crippen LogP contribution in [0.3, 0.4) is 0 Å². The molecule has 1 heterocycles. The van der Waals surface area contributed by atoms with Crippen LogP contribution in [0.1, 0.15) is 24.1 Å². The van der Waals surface area contributed by atoms with E-state index < -0.39 is 0 Å². The molecule has 0 spiro atoms. The topological polar surface area (TPSA) is 24.9 Å². The van der Waals surface area contributed by atoms with Crippen LogP contribution in [0.2, 0.25) is 5.02 Å². The molecule has 0 saturated carbocycles. The largest absolute Gasteiger partial charge is 0.387 e. The standard InChI is InChI=1S/C14H15ClN2/c1-16-14-10-4-2-3-5-12(10)17-13-7-6-9(15)8-11(13)14/h6-8H,2-5H2,1H3,(H,16,17). The van der Waals surface area contributed by atoms with E-state index >= 15 is 0 Å². The maximum absolute atomic E-state index is 6.08. The van der Waals surface area contributed by atoms with E-state index in [1.807, 2.05) is 25.2 Å². The van der Waals surface area contributed by atoms with E-state index in [0.717, 1.165) is 28.8 Å². The first-order valence-electron chi connectivity index (χ1n) is 6.08. The van der Waals surface area contributed by atoms with E-state index in [9.17, 15) is 0 Å². The summed E-state index contributed by atoms with van der Waals surface area (Å²) in [5.41, 5.74) is 4.90. The van der Waals surface area contributed by atoms with Crippen molar-refractivity contribution >= 4 is 28.2 Å². The van der Waals surface area contributed by atoms with Gasteiger partial charge in [-0.05, 0) is 49.4 Å². The number of hydrogen-bond acceptors (Lipinski definition) is 2. The second kappa shape index (κ2) is 4.19. The van der Waals surface area contributed by atoms with Crippen LogP contribution in [0.4, 0.5) is 5.69 Å². The Labute approximate surface area is 106 Å². The van der Waals surface area contributed by atoms with Crippen molar-refractivity contribution in [2.45, 2.75) is 25.7 Å². The third-order valence-corrected chi connectivity index (χ3v) is 3.71. The Bertz CT molecular complexity index is 578. The second-order valence-electron chi connectivity index (χ2n) is 4.53. The van der Waals surface area contributed by atoms with Gasteiger partial charge in [0.25, 0.3) is 0 Å². The average Bonchev–Trinajstić information content (AvgIpc) is 2.36. The minimum atomic E-state index is 0.770. The van der Waals surface area contributed by atoms with Crippen molar-refractivity contribution in [1.82, 2.24) is 4.98 Å². The van der Waals surface area contributed by atoms with Gasteiger partial charge in [0, 0.05) is 28.8 Å². The van der Waals surface area contributed by atoms with Crippen LogP contribution in [-0.2, 0) is 12.8 Å². The van der Waals surface area contributed by atoms with Crippen LogP contribution >= 0.6 is 11.6 Å². The van der Waals surface area contributed by atoms with Gasteiger partial charge in [0.05, 0.1) is 5.52 Å². The number of anilines is 1. The van der Waals surface area contributed by atoms with E-state index in [1.54, 1.807) is 0 Å². The fourth-order valence-electron chi connectivity index (χ4n) is 2.68. The van der Waals surface area contributed by atoms with Gasteiger partial charge in [-0.2, -0.15) is 0 Å². The van der Waals surface area contributed by atoms with E-state index in [0.29, 0.717) is 0 Å². The molecule has 3 heteroatoms. The van der Waals surface area contributed by atoms with Gasteiger partial charge < -0.3 is 5.32 Å². The first-order chi connectivity index (χ1) is 8.29. The van der Waals surface area contributed by atoms with Gasteiger partial charge in [-0.15, -0.1) is 0 Å². The van der Waals surface area contributed by atoms with Gasteiger partial charge >= 0.3 is 0 Å². The van der Waals surface area contributed by atoms with Crippen molar-refractivity contribution in [2.24, 2.45) is 0 Å². The lowest BCUT2D eigenvalue weighted by molar-refractivity contribution is 0.672. The molecule has 1 aromatic carbocycles. The average molecular weight is 247 g/mol. The van der Waals surface area contributed by atoms with E-state index in [1.165, 1.54) is 29.8 Å². The SMILES string of the molecule is CNc1c2c(nc3ccc(Cl)cc13)CCCC2. The molecule has 0 saturated heterocycles. The molecule has 0 radical (unpaired) electrons. The molecule has 1 aliphatic rings. The minimum absolute atomic E-state index is 0.770. The molecule has 0 aliphatic heterocycles. The minimum Gasteiger partial charge on any atom is -0.387 e. The molecule has 2 aromatic rings. The predicted octanol–water partition coefficient (Wildman–Crippen LogP) is 3.81. The highest BCUT2D eigenvalue weighted by molar-refractivity contribution is 6.31. The van der Waals surface area contributed by atoms with Gasteiger partial charge in [0.15, 0.2) is 0 Å². The van der Waals surface area contributed by atoms with Crippen molar-refractivity contribution < 1.29 is 0 Å². The lowest BCUT2D eigenvalue weighted by Crippen LogP contribution is -2.09. The van der Waals surface area contributed by atoms with Crippen molar-refractivity contribution in [3.8, 4) is 0 Å². The Morgan fingerprint density at radius 1 is 1.24 bits per heavy atom. The summed E-state index contributed by atoms with van der Waals surface area (Å²) in [6.45, 7) is 0. The quantitative estimate of drug-likeness (QED) is 0.828. The van der Waals surface area contributed by atoms with Crippen LogP contribution in [0.5, 0.6) is 0 Å². The number of aromatic nitrogens is 1. The van der Waals surface area contributed by atoms with Crippen molar-refractivity contribution in [1.29, 1.82) is 0 Å². The molecule has 0 bridgehead atoms. The van der Waals surface area contributed by atoms with Gasteiger partial charge in [-0.1, -0.05) is 11.6 Å². The van der Waals surface area contributed by atoms with Gasteiger partial charge in [0.1, 0.15) is 0 Å². The molecule has 3 rings (SSSR count). The summed E-state index contributed by atoms with van der Waals surface area (Å²) in [5.74, 6) is 0. The summed E-state index contributed by atoms with van der Waals surface area (Å²) in [5, 5.41) is 5.24. The number of fused-ring (bicyclic) bond motifs is 2. The monoisotopic (exact) mass is 246 g/mol. The molecule has 1 aromatic heterocycles. The van der Waals surface area contributed by atoms with E-state index in [2.05, 4.69) is 5.32 Å². The number of aryl methyl sites for hydroxylation is 1. The van der Waals surface area contributed by atoms with Crippen LogP contribution in [0, 0.1) is 0 Å². The number of rotatable bonds is 1. The molecule has 17 heavy (non-hydrogen) atoms. The summed E-state index contributed by atoms with van der Waals surface area (Å²) < 4.78 is 0. The van der Waals surface area contributed by atoms with Gasteiger partial charge in [0.2, 0.25) is 0 Å². The van der Waals surface area contributed by atoms with Crippen LogP contribution in [-0.4, -0.2) is 12.0 Å². The molecule has 0 amide bonds. The zero-order valence-corrected chi connectivity index (χ0v) is 10.6. The molecule has 2 nitrogen and oxygen atoms in total. The van der Waals surface area contributed by atoms with Crippen molar-refractivity contribution in [3.05, 3.63) is 34.5 Å². The Kier molecular flexibility index (Phi) is 2.67. The Hall–Kier alpha value is -1.28. The predicted molar refractivity (Wildman–Crippen MR) is 72.9 cm³/mol. The fourth-order valence-corrected chi connectivity index (χ4v) is 2.85. The maximum Gasteiger partial charge on any atom is 0.0727 e. The third-order valence-electron chi connectivity index (χ3n) is 3.47. The Balaban J connectivity index is 2.35. The van der Waals surface area contributed by atoms with E-state index in [4.69, 9.17) is 16.6 Å². The smallest absolute Gasteiger partial charge is 0.0727 e. The summed E-state index contributed by atoms with van der Waals surface area (Å²) in [6.07, 6.45) is 4.74. The van der Waals surface area contributed by atoms with Gasteiger partial charge in [-0.25, -0.2) is 0 Å². The number of hydrogen-bond donors (Lipinski definition) is 1. The molecule has 88 valence electrons. The molecule has 0 fully saturated rings. The first-order valence-corrected chi connectivity index (χ1v) is 6.46. The van der Waals surface area contributed by atoms with Gasteiger partial charge in [-0.3, -0.25) is 4.98 Å². The van der Waals surface area contributed by atoms with Crippen LogP contribution in [0.15, 0.2) is 18.2 Å². The van der Waals surface area contributed by atoms with Crippen LogP contribution < -0.4 is 5.32 Å². The number of halogens is 1. The van der Waals surface area contributed by atoms with Crippen LogP contribution in [0.25, 0.3) is 10.9 Å². The zero-order valence-electron chi connectivity index (χ0n) is 9.89. The second-order valence-corrected chi connectivity index (χ2v) is 4.97. The molecule has 0 unspecified atom stereocenters. The lowest BCUT2D eigenvalue weighted by Gasteiger charge is -2.20. The molecule has 1 N–H and O–H groups in total. The van der Waals surface area contributed by atoms with Crippen molar-refractivity contribution in [2.75, 3.05) is 12.4 Å². The highest BCUT2D eigenvalue weighted by Gasteiger charge is 2.17. The molecule has 0 atom stereocenters. The maximum atomic E-state index is 6.08. The summed E-state index contributed by atoms with van der Waals surface area (Å²) in [7, 11) is 1.98. The molecule has 1 aliphatic carbocycles. The fraction of sp³-hybridized carbons (Fsp3) is 0.357. The zero-order chi connectivity index (χ0) is 11.8. The number of benzene rings is 1. The highest BCUT2D eigenvalue weighted by atomic mass is 35.5. The van der Waals surface area contributed by atoms with E-state index in [-0.39, 0.29) is 0 Å². The number of nitrogens with zero attached hydrogens (tertiary/aromatic N) is 1. The van der Waals surface area contributed by atoms with Crippen molar-refractivity contribution in [3.63, 3.8) is 0 Å². The lowest BCUT2D eigenvalue weighted by atomic mass is 9.93. The molecular weight excluding hydrogens is 232 g/mol. The Morgan fingerprint density at radius 2 is 2.06 bits per heavy atom. The number of nitrogens with one attached hydrogen (secondary N) is 1. The first kappa shape index (κ1) is 10.8. The summed E-state index contributed by atoms with van der Waals surface area (Å²) in [4.78, 5) is 4.77. The highest BCUT2D eigenvalue weighted by Crippen LogP contribution is 2.34.